The second-order valence-electron chi connectivity index (χ2n) is 16.0. The van der Waals surface area contributed by atoms with Crippen LogP contribution < -0.4 is 4.90 Å². The molecule has 0 atom stereocenters. The van der Waals surface area contributed by atoms with Crippen LogP contribution in [0.3, 0.4) is 0 Å². The van der Waals surface area contributed by atoms with Crippen LogP contribution in [0.25, 0.3) is 99.5 Å². The Morgan fingerprint density at radius 3 is 1.59 bits per heavy atom. The van der Waals surface area contributed by atoms with Crippen LogP contribution in [0.5, 0.6) is 0 Å². The van der Waals surface area contributed by atoms with Crippen LogP contribution in [-0.2, 0) is 0 Å². The fourth-order valence-electron chi connectivity index (χ4n) is 9.41. The average Bonchev–Trinajstić information content (AvgIpc) is 3.94. The molecule has 0 aliphatic heterocycles. The Hall–Kier alpha value is -8.40. The predicted octanol–water partition coefficient (Wildman–Crippen LogP) is 17.3. The molecule has 0 N–H and O–H groups in total. The Kier molecular flexibility index (Phi) is 8.83. The highest BCUT2D eigenvalue weighted by Gasteiger charge is 2.24. The van der Waals surface area contributed by atoms with Gasteiger partial charge in [0.2, 0.25) is 0 Å². The fourth-order valence-corrected chi connectivity index (χ4v) is 9.41. The zero-order valence-corrected chi connectivity index (χ0v) is 34.3. The van der Waals surface area contributed by atoms with Crippen molar-refractivity contribution in [1.82, 2.24) is 0 Å². The van der Waals surface area contributed by atoms with Crippen LogP contribution in [0.15, 0.2) is 245 Å². The van der Waals surface area contributed by atoms with E-state index in [-0.39, 0.29) is 0 Å². The van der Waals surface area contributed by atoms with Crippen molar-refractivity contribution < 1.29 is 8.83 Å². The van der Waals surface area contributed by atoms with E-state index in [9.17, 15) is 0 Å². The normalized spacial score (nSPS) is 11.5. The van der Waals surface area contributed by atoms with E-state index in [1.807, 2.05) is 18.2 Å². The van der Waals surface area contributed by atoms with E-state index >= 15 is 0 Å². The SMILES string of the molecule is c1ccc(-c2ccc(-c3ccccc3-c3ccccc3)c(-c3ccccc3N(c3ccc(-c4cccc5c4oc4ccccc45)cc3)c3cccc4oc5ccccc5c34)c2)cc1. The summed E-state index contributed by atoms with van der Waals surface area (Å²) >= 11 is 0. The zero-order chi connectivity index (χ0) is 41.7. The van der Waals surface area contributed by atoms with Crippen LogP contribution in [0.4, 0.5) is 17.1 Å². The van der Waals surface area contributed by atoms with Crippen molar-refractivity contribution in [3.05, 3.63) is 237 Å². The van der Waals surface area contributed by atoms with Crippen molar-refractivity contribution in [2.75, 3.05) is 4.90 Å². The zero-order valence-electron chi connectivity index (χ0n) is 34.3. The highest BCUT2D eigenvalue weighted by atomic mass is 16.3. The van der Waals surface area contributed by atoms with E-state index in [0.29, 0.717) is 0 Å². The first-order valence-corrected chi connectivity index (χ1v) is 21.4. The van der Waals surface area contributed by atoms with E-state index in [1.54, 1.807) is 0 Å². The molecule has 0 amide bonds. The highest BCUT2D eigenvalue weighted by molar-refractivity contribution is 6.14. The minimum Gasteiger partial charge on any atom is -0.456 e. The minimum atomic E-state index is 0.841. The Balaban J connectivity index is 1.10. The summed E-state index contributed by atoms with van der Waals surface area (Å²) in [5, 5.41) is 4.37. The fraction of sp³-hybridized carbons (Fsp3) is 0. The van der Waals surface area contributed by atoms with Gasteiger partial charge in [-0.15, -0.1) is 0 Å². The molecule has 63 heavy (non-hydrogen) atoms. The van der Waals surface area contributed by atoms with Gasteiger partial charge in [-0.05, 0) is 93.0 Å². The third-order valence-corrected chi connectivity index (χ3v) is 12.3. The van der Waals surface area contributed by atoms with Gasteiger partial charge in [0.05, 0.1) is 16.8 Å². The first kappa shape index (κ1) is 36.5. The number of para-hydroxylation sites is 4. The summed E-state index contributed by atoms with van der Waals surface area (Å²) in [5.41, 5.74) is 18.0. The molecule has 3 heteroatoms. The molecule has 12 rings (SSSR count). The summed E-state index contributed by atoms with van der Waals surface area (Å²) in [6.07, 6.45) is 0. The van der Waals surface area contributed by atoms with E-state index in [1.165, 1.54) is 22.3 Å². The lowest BCUT2D eigenvalue weighted by atomic mass is 9.86. The summed E-state index contributed by atoms with van der Waals surface area (Å²) < 4.78 is 13.0. The van der Waals surface area contributed by atoms with Crippen molar-refractivity contribution in [3.63, 3.8) is 0 Å². The predicted molar refractivity (Wildman–Crippen MR) is 263 cm³/mol. The first-order chi connectivity index (χ1) is 31.3. The molecule has 2 aromatic heterocycles. The van der Waals surface area contributed by atoms with Crippen LogP contribution in [0.1, 0.15) is 0 Å². The van der Waals surface area contributed by atoms with E-state index in [0.717, 1.165) is 94.3 Å². The Labute approximate surface area is 365 Å². The Morgan fingerprint density at radius 1 is 0.270 bits per heavy atom. The maximum Gasteiger partial charge on any atom is 0.143 e. The maximum absolute atomic E-state index is 6.53. The number of hydrogen-bond acceptors (Lipinski definition) is 3. The average molecular weight is 806 g/mol. The molecule has 296 valence electrons. The molecule has 0 aliphatic carbocycles. The largest absolute Gasteiger partial charge is 0.456 e. The first-order valence-electron chi connectivity index (χ1n) is 21.4. The molecule has 12 aromatic rings. The van der Waals surface area contributed by atoms with Crippen molar-refractivity contribution in [3.8, 4) is 55.6 Å². The van der Waals surface area contributed by atoms with Crippen molar-refractivity contribution >= 4 is 60.9 Å². The van der Waals surface area contributed by atoms with Gasteiger partial charge in [0.1, 0.15) is 22.3 Å². The van der Waals surface area contributed by atoms with E-state index in [2.05, 4.69) is 223 Å². The molecule has 3 nitrogen and oxygen atoms in total. The molecule has 0 saturated carbocycles. The van der Waals surface area contributed by atoms with E-state index < -0.39 is 0 Å². The maximum atomic E-state index is 6.53. The molecule has 2 heterocycles. The molecule has 0 aliphatic rings. The second kappa shape index (κ2) is 15.3. The monoisotopic (exact) mass is 805 g/mol. The molecule has 0 radical (unpaired) electrons. The number of nitrogens with zero attached hydrogens (tertiary/aromatic N) is 1. The Morgan fingerprint density at radius 2 is 0.794 bits per heavy atom. The summed E-state index contributed by atoms with van der Waals surface area (Å²) in [5.74, 6) is 0. The van der Waals surface area contributed by atoms with Gasteiger partial charge in [0.15, 0.2) is 0 Å². The van der Waals surface area contributed by atoms with Crippen LogP contribution in [-0.4, -0.2) is 0 Å². The van der Waals surface area contributed by atoms with Crippen LogP contribution in [0.2, 0.25) is 0 Å². The molecule has 0 bridgehead atoms. The van der Waals surface area contributed by atoms with Gasteiger partial charge in [0.25, 0.3) is 0 Å². The molecule has 0 saturated heterocycles. The van der Waals surface area contributed by atoms with Gasteiger partial charge >= 0.3 is 0 Å². The highest BCUT2D eigenvalue weighted by Crippen LogP contribution is 2.49. The number of anilines is 3. The molecule has 0 unspecified atom stereocenters. The lowest BCUT2D eigenvalue weighted by molar-refractivity contribution is 0.669. The second-order valence-corrected chi connectivity index (χ2v) is 16.0. The minimum absolute atomic E-state index is 0.841. The number of fused-ring (bicyclic) bond motifs is 6. The van der Waals surface area contributed by atoms with Gasteiger partial charge in [-0.2, -0.15) is 0 Å². The third kappa shape index (κ3) is 6.29. The summed E-state index contributed by atoms with van der Waals surface area (Å²) in [7, 11) is 0. The summed E-state index contributed by atoms with van der Waals surface area (Å²) in [6, 6.07) is 84.2. The summed E-state index contributed by atoms with van der Waals surface area (Å²) in [6.45, 7) is 0. The standard InChI is InChI=1S/C60H39NO2/c1-3-17-40(18-4-1)43-35-38-48(47-22-8-7-21-45(47)41-19-5-2-6-20-41)53(39-43)49-23-9-12-28-54(49)61(55-29-16-32-58-59(55)52-25-11-14-31-57(52)62-58)44-36-33-42(34-37-44)46-26-15-27-51-50-24-10-13-30-56(50)63-60(46)51/h1-39H. The Bertz CT molecular complexity index is 3620. The topological polar surface area (TPSA) is 29.5 Å². The van der Waals surface area contributed by atoms with Crippen molar-refractivity contribution in [2.24, 2.45) is 0 Å². The van der Waals surface area contributed by atoms with Gasteiger partial charge in [0, 0.05) is 33.0 Å². The quantitative estimate of drug-likeness (QED) is 0.153. The third-order valence-electron chi connectivity index (χ3n) is 12.3. The molecule has 10 aromatic carbocycles. The number of benzene rings is 10. The molecule has 0 fully saturated rings. The summed E-state index contributed by atoms with van der Waals surface area (Å²) in [4.78, 5) is 2.41. The smallest absolute Gasteiger partial charge is 0.143 e. The molecular weight excluding hydrogens is 767 g/mol. The molecular formula is C60H39NO2. The number of rotatable bonds is 8. The molecule has 0 spiro atoms. The van der Waals surface area contributed by atoms with Crippen LogP contribution in [0, 0.1) is 0 Å². The number of hydrogen-bond donors (Lipinski definition) is 0. The van der Waals surface area contributed by atoms with E-state index in [4.69, 9.17) is 8.83 Å². The lowest BCUT2D eigenvalue weighted by Crippen LogP contribution is -2.12. The van der Waals surface area contributed by atoms with Crippen molar-refractivity contribution in [1.29, 1.82) is 0 Å². The van der Waals surface area contributed by atoms with Crippen molar-refractivity contribution in [2.45, 2.75) is 0 Å². The van der Waals surface area contributed by atoms with Gasteiger partial charge in [-0.1, -0.05) is 188 Å². The van der Waals surface area contributed by atoms with Gasteiger partial charge < -0.3 is 13.7 Å². The van der Waals surface area contributed by atoms with Gasteiger partial charge in [-0.25, -0.2) is 0 Å². The number of furan rings is 2. The van der Waals surface area contributed by atoms with Crippen LogP contribution >= 0.6 is 0 Å². The van der Waals surface area contributed by atoms with Gasteiger partial charge in [-0.3, -0.25) is 0 Å². The lowest BCUT2D eigenvalue weighted by Gasteiger charge is -2.29.